The summed E-state index contributed by atoms with van der Waals surface area (Å²) >= 11 is 0. The second kappa shape index (κ2) is 11.4. The number of esters is 1. The van der Waals surface area contributed by atoms with Gasteiger partial charge in [-0.25, -0.2) is 9.69 Å². The normalized spacial score (nSPS) is 18.5. The van der Waals surface area contributed by atoms with Crippen molar-refractivity contribution in [2.45, 2.75) is 38.8 Å². The zero-order chi connectivity index (χ0) is 25.2. The molecule has 5 amide bonds. The minimum atomic E-state index is -1.18. The summed E-state index contributed by atoms with van der Waals surface area (Å²) in [6.45, 7) is 2.83. The number of halogens is 1. The molecule has 2 heterocycles. The smallest absolute Gasteiger partial charge is 0.330 e. The topological polar surface area (TPSA) is 133 Å². The van der Waals surface area contributed by atoms with Crippen LogP contribution in [0.3, 0.4) is 0 Å². The van der Waals surface area contributed by atoms with Crippen molar-refractivity contribution in [2.24, 2.45) is 5.92 Å². The molecule has 0 bridgehead atoms. The lowest BCUT2D eigenvalue weighted by molar-refractivity contribution is -0.166. The van der Waals surface area contributed by atoms with Gasteiger partial charge in [0.1, 0.15) is 12.1 Å². The van der Waals surface area contributed by atoms with Gasteiger partial charge in [0.2, 0.25) is 11.8 Å². The fraction of sp³-hybridized carbons (Fsp3) is 0.478. The van der Waals surface area contributed by atoms with Gasteiger partial charge in [-0.2, -0.15) is 0 Å². The van der Waals surface area contributed by atoms with Gasteiger partial charge in [-0.3, -0.25) is 28.9 Å². The van der Waals surface area contributed by atoms with Gasteiger partial charge in [0.25, 0.3) is 17.7 Å². The third-order valence-corrected chi connectivity index (χ3v) is 5.65. The van der Waals surface area contributed by atoms with E-state index in [0.717, 1.165) is 9.80 Å². The summed E-state index contributed by atoms with van der Waals surface area (Å²) in [5, 5.41) is 2.59. The quantitative estimate of drug-likeness (QED) is 0.394. The number of likely N-dealkylation sites (tertiary alicyclic amines) is 1. The maximum Gasteiger partial charge on any atom is 0.330 e. The highest BCUT2D eigenvalue weighted by molar-refractivity contribution is 6.23. The van der Waals surface area contributed by atoms with Crippen LogP contribution in [-0.2, 0) is 23.9 Å². The Labute approximate surface area is 209 Å². The van der Waals surface area contributed by atoms with Crippen LogP contribution < -0.4 is 5.32 Å². The van der Waals surface area contributed by atoms with E-state index in [1.165, 1.54) is 12.1 Å². The van der Waals surface area contributed by atoms with Crippen LogP contribution in [0.1, 0.15) is 47.4 Å². The number of nitrogens with zero attached hydrogens (tertiary/aromatic N) is 3. The number of benzene rings is 1. The molecule has 1 fully saturated rings. The summed E-state index contributed by atoms with van der Waals surface area (Å²) in [4.78, 5) is 79.0. The number of carbonyl (C=O) groups is 6. The first kappa shape index (κ1) is 27.9. The number of amides is 5. The molecule has 11 nitrogen and oxygen atoms in total. The molecule has 0 aromatic heterocycles. The Hall–Kier alpha value is -3.31. The molecule has 1 N–H and O–H groups in total. The fourth-order valence-corrected chi connectivity index (χ4v) is 3.91. The molecular formula is C23H29ClN4O7. The van der Waals surface area contributed by atoms with Gasteiger partial charge >= 0.3 is 5.97 Å². The second-order valence-corrected chi connectivity index (χ2v) is 8.86. The molecule has 2 aliphatic rings. The molecule has 0 saturated carbocycles. The minimum absolute atomic E-state index is 0. The first-order valence-corrected chi connectivity index (χ1v) is 10.9. The number of imide groups is 2. The van der Waals surface area contributed by atoms with Crippen LogP contribution in [0.4, 0.5) is 0 Å². The van der Waals surface area contributed by atoms with E-state index in [9.17, 15) is 28.8 Å². The van der Waals surface area contributed by atoms with Crippen LogP contribution in [0, 0.1) is 5.92 Å². The van der Waals surface area contributed by atoms with Crippen molar-refractivity contribution in [2.75, 3.05) is 27.4 Å². The zero-order valence-electron chi connectivity index (χ0n) is 20.0. The summed E-state index contributed by atoms with van der Waals surface area (Å²) in [6, 6.07) is 4.09. The third kappa shape index (κ3) is 5.85. The number of rotatable bonds is 8. The van der Waals surface area contributed by atoms with Gasteiger partial charge in [-0.05, 0) is 38.6 Å². The van der Waals surface area contributed by atoms with E-state index in [4.69, 9.17) is 4.74 Å². The molecule has 1 aromatic carbocycles. The fourth-order valence-electron chi connectivity index (χ4n) is 3.91. The van der Waals surface area contributed by atoms with E-state index in [0.29, 0.717) is 0 Å². The van der Waals surface area contributed by atoms with Crippen molar-refractivity contribution < 1.29 is 33.5 Å². The van der Waals surface area contributed by atoms with E-state index < -0.39 is 48.4 Å². The van der Waals surface area contributed by atoms with Gasteiger partial charge in [-0.15, -0.1) is 12.4 Å². The lowest BCUT2D eigenvalue weighted by atomic mass is 10.0. The molecule has 35 heavy (non-hydrogen) atoms. The van der Waals surface area contributed by atoms with Crippen molar-refractivity contribution in [3.8, 4) is 0 Å². The van der Waals surface area contributed by atoms with Crippen LogP contribution in [0.5, 0.6) is 0 Å². The SMILES string of the molecule is CC(C)C(NC(=O)CN(C)C)C(=O)OCN1C(=O)CC[C@H](N2C(=O)c3ccccc3C2=O)C1=O.Cl. The summed E-state index contributed by atoms with van der Waals surface area (Å²) in [6.07, 6.45) is -0.114. The molecule has 0 spiro atoms. The summed E-state index contributed by atoms with van der Waals surface area (Å²) in [7, 11) is 3.42. The van der Waals surface area contributed by atoms with E-state index in [1.54, 1.807) is 45.0 Å². The number of hydrogen-bond acceptors (Lipinski definition) is 8. The highest BCUT2D eigenvalue weighted by atomic mass is 35.5. The van der Waals surface area contributed by atoms with Gasteiger partial charge in [0.15, 0.2) is 6.73 Å². The number of piperidine rings is 1. The van der Waals surface area contributed by atoms with Crippen LogP contribution in [0.2, 0.25) is 0 Å². The monoisotopic (exact) mass is 508 g/mol. The molecule has 190 valence electrons. The Morgan fingerprint density at radius 3 is 2.17 bits per heavy atom. The molecule has 2 aliphatic heterocycles. The summed E-state index contributed by atoms with van der Waals surface area (Å²) < 4.78 is 5.21. The van der Waals surface area contributed by atoms with Crippen LogP contribution in [-0.4, -0.2) is 89.7 Å². The molecule has 1 aromatic rings. The first-order valence-electron chi connectivity index (χ1n) is 10.9. The summed E-state index contributed by atoms with van der Waals surface area (Å²) in [5.74, 6) is -4.07. The molecule has 12 heteroatoms. The third-order valence-electron chi connectivity index (χ3n) is 5.65. The van der Waals surface area contributed by atoms with Crippen molar-refractivity contribution in [3.63, 3.8) is 0 Å². The standard InChI is InChI=1S/C23H28N4O7.ClH/c1-13(2)19(24-17(28)11-25(3)4)23(33)34-12-26-18(29)10-9-16(22(26)32)27-20(30)14-7-5-6-8-15(14)21(27)31;/h5-8,13,16,19H,9-12H2,1-4H3,(H,24,28);1H/t16-,19?;/m0./s1. The van der Waals surface area contributed by atoms with Crippen LogP contribution >= 0.6 is 12.4 Å². The Bertz CT molecular complexity index is 1010. The first-order chi connectivity index (χ1) is 16.0. The van der Waals surface area contributed by atoms with Crippen LogP contribution in [0.25, 0.3) is 0 Å². The molecule has 3 rings (SSSR count). The van der Waals surface area contributed by atoms with Gasteiger partial charge < -0.3 is 15.0 Å². The van der Waals surface area contributed by atoms with Crippen molar-refractivity contribution in [3.05, 3.63) is 35.4 Å². The molecule has 2 atom stereocenters. The zero-order valence-corrected chi connectivity index (χ0v) is 20.8. The van der Waals surface area contributed by atoms with Crippen molar-refractivity contribution in [1.82, 2.24) is 20.0 Å². The number of fused-ring (bicyclic) bond motifs is 1. The van der Waals surface area contributed by atoms with E-state index >= 15 is 0 Å². The lowest BCUT2D eigenvalue weighted by Crippen LogP contribution is -2.57. The van der Waals surface area contributed by atoms with Gasteiger partial charge in [0.05, 0.1) is 17.7 Å². The number of hydrogen-bond donors (Lipinski definition) is 1. The lowest BCUT2D eigenvalue weighted by Gasteiger charge is -2.34. The average Bonchev–Trinajstić information content (AvgIpc) is 3.02. The largest absolute Gasteiger partial charge is 0.442 e. The van der Waals surface area contributed by atoms with Gasteiger partial charge in [-0.1, -0.05) is 26.0 Å². The number of nitrogens with one attached hydrogen (secondary N) is 1. The summed E-state index contributed by atoms with van der Waals surface area (Å²) in [5.41, 5.74) is 0.395. The van der Waals surface area contributed by atoms with Crippen molar-refractivity contribution in [1.29, 1.82) is 0 Å². The van der Waals surface area contributed by atoms with Crippen LogP contribution in [0.15, 0.2) is 24.3 Å². The molecule has 1 unspecified atom stereocenters. The number of carbonyl (C=O) groups excluding carboxylic acids is 6. The Kier molecular flexibility index (Phi) is 9.11. The van der Waals surface area contributed by atoms with E-state index in [1.807, 2.05) is 0 Å². The Balaban J connectivity index is 0.00000432. The number of ether oxygens (including phenoxy) is 1. The van der Waals surface area contributed by atoms with E-state index in [2.05, 4.69) is 5.32 Å². The minimum Gasteiger partial charge on any atom is -0.442 e. The molecular weight excluding hydrogens is 480 g/mol. The predicted octanol–water partition coefficient (Wildman–Crippen LogP) is 0.425. The maximum absolute atomic E-state index is 13.1. The van der Waals surface area contributed by atoms with Gasteiger partial charge in [0, 0.05) is 6.42 Å². The maximum atomic E-state index is 13.1. The highest BCUT2D eigenvalue weighted by Gasteiger charge is 2.47. The molecule has 1 saturated heterocycles. The number of likely N-dealkylation sites (N-methyl/N-ethyl adjacent to an activating group) is 1. The average molecular weight is 509 g/mol. The molecule has 0 radical (unpaired) electrons. The Morgan fingerprint density at radius 2 is 1.66 bits per heavy atom. The van der Waals surface area contributed by atoms with Crippen molar-refractivity contribution >= 4 is 47.9 Å². The highest BCUT2D eigenvalue weighted by Crippen LogP contribution is 2.29. The predicted molar refractivity (Wildman–Crippen MR) is 125 cm³/mol. The second-order valence-electron chi connectivity index (χ2n) is 8.86. The van der Waals surface area contributed by atoms with E-state index in [-0.39, 0.29) is 54.7 Å². The molecule has 0 aliphatic carbocycles. The Morgan fingerprint density at radius 1 is 1.09 bits per heavy atom.